The van der Waals surface area contributed by atoms with E-state index in [9.17, 15) is 10.1 Å². The monoisotopic (exact) mass is 466 g/mol. The van der Waals surface area contributed by atoms with Gasteiger partial charge in [0.25, 0.3) is 5.91 Å². The van der Waals surface area contributed by atoms with Crippen LogP contribution < -0.4 is 14.8 Å². The molecule has 4 aromatic rings. The number of benzene rings is 3. The molecule has 0 aliphatic heterocycles. The molecule has 1 atom stereocenters. The minimum atomic E-state index is -0.232. The van der Waals surface area contributed by atoms with Gasteiger partial charge >= 0.3 is 0 Å². The maximum atomic E-state index is 12.4. The molecule has 4 rings (SSSR count). The number of hydrogen-bond donors (Lipinski definition) is 2. The third kappa shape index (κ3) is 5.87. The van der Waals surface area contributed by atoms with Gasteiger partial charge in [-0.25, -0.2) is 4.98 Å². The zero-order valence-corrected chi connectivity index (χ0v) is 19.6. The summed E-state index contributed by atoms with van der Waals surface area (Å²) in [5.41, 5.74) is 3.82. The lowest BCUT2D eigenvalue weighted by molar-refractivity contribution is -0.123. The number of aromatic nitrogens is 2. The minimum Gasteiger partial charge on any atom is -0.490 e. The zero-order valence-electron chi connectivity index (χ0n) is 19.6. The number of hydrogen-bond acceptors (Lipinski definition) is 5. The van der Waals surface area contributed by atoms with Gasteiger partial charge in [0.15, 0.2) is 18.1 Å². The number of carbonyl (C=O) groups is 1. The van der Waals surface area contributed by atoms with Gasteiger partial charge in [0.2, 0.25) is 0 Å². The first-order valence-electron chi connectivity index (χ1n) is 11.4. The first-order valence-corrected chi connectivity index (χ1v) is 11.4. The molecule has 0 saturated heterocycles. The van der Waals surface area contributed by atoms with Gasteiger partial charge in [-0.3, -0.25) is 4.79 Å². The number of allylic oxidation sites excluding steroid dienone is 1. The van der Waals surface area contributed by atoms with Crippen molar-refractivity contribution in [2.24, 2.45) is 0 Å². The van der Waals surface area contributed by atoms with Gasteiger partial charge < -0.3 is 19.8 Å². The van der Waals surface area contributed by atoms with Gasteiger partial charge in [0.05, 0.1) is 29.3 Å². The molecule has 1 heterocycles. The molecule has 176 valence electrons. The highest BCUT2D eigenvalue weighted by Crippen LogP contribution is 2.30. The van der Waals surface area contributed by atoms with Crippen molar-refractivity contribution in [3.63, 3.8) is 0 Å². The van der Waals surface area contributed by atoms with Crippen LogP contribution in [0.1, 0.15) is 36.8 Å². The fraction of sp³-hybridized carbons (Fsp3) is 0.179. The molecule has 0 saturated carbocycles. The zero-order chi connectivity index (χ0) is 24.6. The molecule has 1 amide bonds. The van der Waals surface area contributed by atoms with E-state index < -0.39 is 0 Å². The Hall–Kier alpha value is -4.57. The van der Waals surface area contributed by atoms with Gasteiger partial charge in [-0.15, -0.1) is 0 Å². The van der Waals surface area contributed by atoms with Crippen LogP contribution in [0.25, 0.3) is 22.7 Å². The maximum absolute atomic E-state index is 12.4. The number of fused-ring (bicyclic) bond motifs is 1. The Morgan fingerprint density at radius 3 is 2.60 bits per heavy atom. The normalized spacial score (nSPS) is 12.1. The molecule has 7 nitrogen and oxygen atoms in total. The van der Waals surface area contributed by atoms with Crippen LogP contribution in [0.3, 0.4) is 0 Å². The molecule has 0 aliphatic carbocycles. The molecule has 0 bridgehead atoms. The van der Waals surface area contributed by atoms with Gasteiger partial charge in [-0.2, -0.15) is 5.26 Å². The van der Waals surface area contributed by atoms with Crippen LogP contribution in [0.5, 0.6) is 11.5 Å². The van der Waals surface area contributed by atoms with Crippen LogP contribution in [0.2, 0.25) is 0 Å². The number of ether oxygens (including phenoxy) is 2. The van der Waals surface area contributed by atoms with E-state index in [4.69, 9.17) is 9.47 Å². The molecule has 0 unspecified atom stereocenters. The van der Waals surface area contributed by atoms with E-state index in [-0.39, 0.29) is 18.6 Å². The highest BCUT2D eigenvalue weighted by molar-refractivity contribution is 5.90. The van der Waals surface area contributed by atoms with Gasteiger partial charge in [0, 0.05) is 0 Å². The lowest BCUT2D eigenvalue weighted by Gasteiger charge is -2.16. The second-order valence-corrected chi connectivity index (χ2v) is 7.90. The molecular weight excluding hydrogens is 440 g/mol. The first kappa shape index (κ1) is 23.6. The molecule has 2 N–H and O–H groups in total. The van der Waals surface area contributed by atoms with Crippen molar-refractivity contribution < 1.29 is 14.3 Å². The Bertz CT molecular complexity index is 1350. The van der Waals surface area contributed by atoms with Crippen LogP contribution in [0.15, 0.2) is 72.8 Å². The van der Waals surface area contributed by atoms with Gasteiger partial charge in [0.1, 0.15) is 11.9 Å². The van der Waals surface area contributed by atoms with Crippen molar-refractivity contribution in [2.75, 3.05) is 13.2 Å². The Morgan fingerprint density at radius 1 is 1.09 bits per heavy atom. The topological polar surface area (TPSA) is 100 Å². The number of carbonyl (C=O) groups excluding carboxylic acids is 1. The molecule has 35 heavy (non-hydrogen) atoms. The van der Waals surface area contributed by atoms with Crippen molar-refractivity contribution in [3.8, 4) is 17.6 Å². The highest BCUT2D eigenvalue weighted by Gasteiger charge is 2.13. The van der Waals surface area contributed by atoms with E-state index in [0.717, 1.165) is 22.2 Å². The number of nitriles is 1. The average molecular weight is 467 g/mol. The van der Waals surface area contributed by atoms with Crippen molar-refractivity contribution in [1.29, 1.82) is 5.26 Å². The summed E-state index contributed by atoms with van der Waals surface area (Å²) in [5.74, 6) is 1.21. The predicted octanol–water partition coefficient (Wildman–Crippen LogP) is 5.28. The molecule has 0 fully saturated rings. The summed E-state index contributed by atoms with van der Waals surface area (Å²) < 4.78 is 11.5. The van der Waals surface area contributed by atoms with Crippen LogP contribution in [-0.4, -0.2) is 29.1 Å². The Balaban J connectivity index is 1.48. The molecule has 1 aromatic heterocycles. The highest BCUT2D eigenvalue weighted by atomic mass is 16.5. The number of imidazole rings is 1. The summed E-state index contributed by atoms with van der Waals surface area (Å²) in [6.07, 6.45) is 1.73. The number of amides is 1. The van der Waals surface area contributed by atoms with Crippen LogP contribution in [0, 0.1) is 11.3 Å². The fourth-order valence-electron chi connectivity index (χ4n) is 3.65. The summed E-state index contributed by atoms with van der Waals surface area (Å²) in [6, 6.07) is 24.8. The lowest BCUT2D eigenvalue weighted by atomic mass is 10.1. The van der Waals surface area contributed by atoms with Gasteiger partial charge in [-0.1, -0.05) is 48.5 Å². The largest absolute Gasteiger partial charge is 0.490 e. The van der Waals surface area contributed by atoms with Crippen molar-refractivity contribution in [2.45, 2.75) is 19.9 Å². The van der Waals surface area contributed by atoms with E-state index in [2.05, 4.69) is 21.4 Å². The van der Waals surface area contributed by atoms with Crippen molar-refractivity contribution >= 4 is 28.6 Å². The van der Waals surface area contributed by atoms with Crippen LogP contribution in [-0.2, 0) is 4.79 Å². The minimum absolute atomic E-state index is 0.131. The summed E-state index contributed by atoms with van der Waals surface area (Å²) in [6.45, 7) is 4.08. The van der Waals surface area contributed by atoms with E-state index in [1.807, 2.05) is 74.5 Å². The second-order valence-electron chi connectivity index (χ2n) is 7.90. The predicted molar refractivity (Wildman–Crippen MR) is 136 cm³/mol. The van der Waals surface area contributed by atoms with Crippen LogP contribution >= 0.6 is 0 Å². The summed E-state index contributed by atoms with van der Waals surface area (Å²) in [5, 5.41) is 12.6. The number of para-hydroxylation sites is 2. The summed E-state index contributed by atoms with van der Waals surface area (Å²) in [4.78, 5) is 20.1. The molecule has 0 spiro atoms. The van der Waals surface area contributed by atoms with E-state index >= 15 is 0 Å². The number of aromatic amines is 1. The number of rotatable bonds is 9. The fourth-order valence-corrected chi connectivity index (χ4v) is 3.65. The Morgan fingerprint density at radius 2 is 1.86 bits per heavy atom. The standard InChI is InChI=1S/C28H26N4O3/c1-3-34-26-16-20(15-22(17-29)28-31-23-11-7-8-12-24(23)32-28)13-14-25(26)35-18-27(33)30-19(2)21-9-5-4-6-10-21/h4-16,19H,3,18H2,1-2H3,(H,30,33)(H,31,32)/b22-15+/t19-/m1/s1. The SMILES string of the molecule is CCOc1cc(/C=C(\C#N)c2nc3ccccc3[nH]2)ccc1OCC(=O)N[C@H](C)c1ccccc1. The molecule has 3 aromatic carbocycles. The maximum Gasteiger partial charge on any atom is 0.258 e. The number of H-pyrrole nitrogens is 1. The molecule has 0 radical (unpaired) electrons. The third-order valence-electron chi connectivity index (χ3n) is 5.38. The van der Waals surface area contributed by atoms with Crippen LogP contribution in [0.4, 0.5) is 0 Å². The first-order chi connectivity index (χ1) is 17.1. The average Bonchev–Trinajstić information content (AvgIpc) is 3.31. The molecule has 7 heteroatoms. The van der Waals surface area contributed by atoms with Crippen molar-refractivity contribution in [3.05, 3.63) is 89.7 Å². The Labute approximate surface area is 204 Å². The smallest absolute Gasteiger partial charge is 0.258 e. The lowest BCUT2D eigenvalue weighted by Crippen LogP contribution is -2.31. The van der Waals surface area contributed by atoms with E-state index in [1.165, 1.54) is 0 Å². The van der Waals surface area contributed by atoms with Gasteiger partial charge in [-0.05, 0) is 55.3 Å². The third-order valence-corrected chi connectivity index (χ3v) is 5.38. The van der Waals surface area contributed by atoms with Crippen molar-refractivity contribution in [1.82, 2.24) is 15.3 Å². The summed E-state index contributed by atoms with van der Waals surface area (Å²) >= 11 is 0. The molecule has 0 aliphatic rings. The quantitative estimate of drug-likeness (QED) is 0.327. The second kappa shape index (κ2) is 11.0. The molecular formula is C28H26N4O3. The number of nitrogens with zero attached hydrogens (tertiary/aromatic N) is 2. The number of nitrogens with one attached hydrogen (secondary N) is 2. The Kier molecular flexibility index (Phi) is 7.44. The van der Waals surface area contributed by atoms with E-state index in [1.54, 1.807) is 18.2 Å². The van der Waals surface area contributed by atoms with E-state index in [0.29, 0.717) is 29.5 Å². The summed E-state index contributed by atoms with van der Waals surface area (Å²) in [7, 11) is 0.